The van der Waals surface area contributed by atoms with Gasteiger partial charge in [0.1, 0.15) is 5.75 Å². The van der Waals surface area contributed by atoms with Gasteiger partial charge in [0, 0.05) is 25.4 Å². The SMILES string of the molecule is Cc1nn(CCCNC(=O)/C=C\c2ccc(OC(F)F)cc2)cc1Br. The third-order valence-corrected chi connectivity index (χ3v) is 4.06. The van der Waals surface area contributed by atoms with Crippen LogP contribution >= 0.6 is 15.9 Å². The highest BCUT2D eigenvalue weighted by atomic mass is 79.9. The number of nitrogens with zero attached hydrogens (tertiary/aromatic N) is 2. The van der Waals surface area contributed by atoms with Gasteiger partial charge in [-0.05, 0) is 53.0 Å². The van der Waals surface area contributed by atoms with Crippen LogP contribution in [0.3, 0.4) is 0 Å². The van der Waals surface area contributed by atoms with Crippen molar-refractivity contribution in [1.82, 2.24) is 15.1 Å². The van der Waals surface area contributed by atoms with E-state index in [4.69, 9.17) is 0 Å². The van der Waals surface area contributed by atoms with Gasteiger partial charge in [-0.2, -0.15) is 13.9 Å². The zero-order chi connectivity index (χ0) is 18.2. The molecular weight excluding hydrogens is 396 g/mol. The molecule has 0 aliphatic rings. The van der Waals surface area contributed by atoms with Gasteiger partial charge in [0.05, 0.1) is 10.2 Å². The molecule has 1 amide bonds. The summed E-state index contributed by atoms with van der Waals surface area (Å²) in [7, 11) is 0. The molecule has 5 nitrogen and oxygen atoms in total. The van der Waals surface area contributed by atoms with Crippen LogP contribution in [0, 0.1) is 6.92 Å². The maximum atomic E-state index is 12.1. The zero-order valence-electron chi connectivity index (χ0n) is 13.6. The van der Waals surface area contributed by atoms with E-state index in [1.54, 1.807) is 18.2 Å². The van der Waals surface area contributed by atoms with Crippen LogP contribution in [0.5, 0.6) is 5.75 Å². The molecule has 134 valence electrons. The Bertz CT molecular complexity index is 710. The predicted molar refractivity (Wildman–Crippen MR) is 94.4 cm³/mol. The Morgan fingerprint density at radius 1 is 1.40 bits per heavy atom. The molecule has 0 radical (unpaired) electrons. The fraction of sp³-hybridized carbons (Fsp3) is 0.294. The third kappa shape index (κ3) is 6.66. The predicted octanol–water partition coefficient (Wildman–Crippen LogP) is 3.78. The number of ether oxygens (including phenoxy) is 1. The number of benzene rings is 1. The molecule has 2 aromatic rings. The summed E-state index contributed by atoms with van der Waals surface area (Å²) >= 11 is 3.40. The number of hydrogen-bond acceptors (Lipinski definition) is 3. The Morgan fingerprint density at radius 2 is 2.12 bits per heavy atom. The maximum Gasteiger partial charge on any atom is 0.387 e. The molecule has 1 heterocycles. The van der Waals surface area contributed by atoms with Crippen LogP contribution in [-0.4, -0.2) is 28.8 Å². The number of carbonyl (C=O) groups is 1. The molecular formula is C17H18BrF2N3O2. The van der Waals surface area contributed by atoms with Crippen molar-refractivity contribution in [2.45, 2.75) is 26.5 Å². The molecule has 1 aromatic carbocycles. The second-order valence-electron chi connectivity index (χ2n) is 5.25. The Labute approximate surface area is 152 Å². The van der Waals surface area contributed by atoms with Crippen molar-refractivity contribution in [3.63, 3.8) is 0 Å². The molecule has 8 heteroatoms. The Hall–Kier alpha value is -2.22. The molecule has 25 heavy (non-hydrogen) atoms. The summed E-state index contributed by atoms with van der Waals surface area (Å²) in [6.45, 7) is 0.307. The van der Waals surface area contributed by atoms with E-state index in [1.807, 2.05) is 17.8 Å². The van der Waals surface area contributed by atoms with Crippen molar-refractivity contribution in [2.75, 3.05) is 6.54 Å². The van der Waals surface area contributed by atoms with E-state index in [1.165, 1.54) is 18.2 Å². The second-order valence-corrected chi connectivity index (χ2v) is 6.11. The number of aryl methyl sites for hydroxylation is 2. The minimum Gasteiger partial charge on any atom is -0.435 e. The molecule has 2 rings (SSSR count). The zero-order valence-corrected chi connectivity index (χ0v) is 15.2. The highest BCUT2D eigenvalue weighted by Crippen LogP contribution is 2.15. The summed E-state index contributed by atoms with van der Waals surface area (Å²) < 4.78 is 31.2. The van der Waals surface area contributed by atoms with Gasteiger partial charge >= 0.3 is 6.61 Å². The lowest BCUT2D eigenvalue weighted by molar-refractivity contribution is -0.116. The molecule has 0 fully saturated rings. The van der Waals surface area contributed by atoms with Crippen molar-refractivity contribution in [3.8, 4) is 5.75 Å². The van der Waals surface area contributed by atoms with E-state index in [0.717, 1.165) is 16.6 Å². The second kappa shape index (κ2) is 9.31. The van der Waals surface area contributed by atoms with Crippen molar-refractivity contribution in [2.24, 2.45) is 0 Å². The fourth-order valence-electron chi connectivity index (χ4n) is 2.05. The third-order valence-electron chi connectivity index (χ3n) is 3.28. The Balaban J connectivity index is 1.71. The Morgan fingerprint density at radius 3 is 2.72 bits per heavy atom. The van der Waals surface area contributed by atoms with Crippen molar-refractivity contribution in [1.29, 1.82) is 0 Å². The molecule has 1 aromatic heterocycles. The quantitative estimate of drug-likeness (QED) is 0.529. The number of alkyl halides is 2. The van der Waals surface area contributed by atoms with E-state index < -0.39 is 6.61 Å². The first-order chi connectivity index (χ1) is 11.9. The summed E-state index contributed by atoms with van der Waals surface area (Å²) in [4.78, 5) is 11.7. The van der Waals surface area contributed by atoms with Crippen LogP contribution < -0.4 is 10.1 Å². The first kappa shape index (κ1) is 19.1. The normalized spacial score (nSPS) is 11.2. The van der Waals surface area contributed by atoms with Gasteiger partial charge in [0.15, 0.2) is 0 Å². The number of halogens is 3. The number of nitrogens with one attached hydrogen (secondary N) is 1. The molecule has 0 atom stereocenters. The largest absolute Gasteiger partial charge is 0.435 e. The van der Waals surface area contributed by atoms with Gasteiger partial charge in [0.2, 0.25) is 5.91 Å². The fourth-order valence-corrected chi connectivity index (χ4v) is 2.37. The minimum absolute atomic E-state index is 0.0806. The van der Waals surface area contributed by atoms with Crippen LogP contribution in [0.25, 0.3) is 6.08 Å². The summed E-state index contributed by atoms with van der Waals surface area (Å²) in [6.07, 6.45) is 5.67. The van der Waals surface area contributed by atoms with Gasteiger partial charge in [-0.15, -0.1) is 0 Å². The summed E-state index contributed by atoms with van der Waals surface area (Å²) in [5, 5.41) is 7.09. The molecule has 0 aliphatic carbocycles. The Kier molecular flexibility index (Phi) is 7.12. The molecule has 0 spiro atoms. The number of hydrogen-bond donors (Lipinski definition) is 1. The maximum absolute atomic E-state index is 12.1. The van der Waals surface area contributed by atoms with Gasteiger partial charge in [0.25, 0.3) is 0 Å². The van der Waals surface area contributed by atoms with Crippen LogP contribution in [0.15, 0.2) is 41.0 Å². The summed E-state index contributed by atoms with van der Waals surface area (Å²) in [5.41, 5.74) is 1.64. The average molecular weight is 414 g/mol. The van der Waals surface area contributed by atoms with Crippen molar-refractivity contribution >= 4 is 27.9 Å². The van der Waals surface area contributed by atoms with E-state index >= 15 is 0 Å². The minimum atomic E-state index is -2.85. The van der Waals surface area contributed by atoms with E-state index in [0.29, 0.717) is 18.7 Å². The molecule has 0 unspecified atom stereocenters. The monoisotopic (exact) mass is 413 g/mol. The number of amides is 1. The van der Waals surface area contributed by atoms with Gasteiger partial charge < -0.3 is 10.1 Å². The van der Waals surface area contributed by atoms with Crippen LogP contribution in [0.4, 0.5) is 8.78 Å². The van der Waals surface area contributed by atoms with Crippen LogP contribution in [0.1, 0.15) is 17.7 Å². The summed E-state index contributed by atoms with van der Waals surface area (Å²) in [6, 6.07) is 6.04. The molecule has 0 bridgehead atoms. The lowest BCUT2D eigenvalue weighted by atomic mass is 10.2. The molecule has 0 saturated carbocycles. The van der Waals surface area contributed by atoms with Crippen LogP contribution in [-0.2, 0) is 11.3 Å². The highest BCUT2D eigenvalue weighted by molar-refractivity contribution is 9.10. The standard InChI is InChI=1S/C17H18BrF2N3O2/c1-12-15(18)11-23(22-12)10-2-9-21-16(24)8-5-13-3-6-14(7-4-13)25-17(19)20/h3-8,11,17H,2,9-10H2,1H3,(H,21,24)/b8-5-. The average Bonchev–Trinajstić information content (AvgIpc) is 2.88. The van der Waals surface area contributed by atoms with Gasteiger partial charge in [-0.3, -0.25) is 9.48 Å². The van der Waals surface area contributed by atoms with E-state index in [9.17, 15) is 13.6 Å². The van der Waals surface area contributed by atoms with Crippen molar-refractivity contribution in [3.05, 3.63) is 52.3 Å². The smallest absolute Gasteiger partial charge is 0.387 e. The van der Waals surface area contributed by atoms with Crippen LogP contribution in [0.2, 0.25) is 0 Å². The molecule has 1 N–H and O–H groups in total. The highest BCUT2D eigenvalue weighted by Gasteiger charge is 2.03. The lowest BCUT2D eigenvalue weighted by Crippen LogP contribution is -2.23. The lowest BCUT2D eigenvalue weighted by Gasteiger charge is -2.04. The van der Waals surface area contributed by atoms with Gasteiger partial charge in [-0.1, -0.05) is 12.1 Å². The molecule has 0 saturated heterocycles. The summed E-state index contributed by atoms with van der Waals surface area (Å²) in [5.74, 6) is -0.136. The number of carbonyl (C=O) groups excluding carboxylic acids is 1. The van der Waals surface area contributed by atoms with Crippen molar-refractivity contribution < 1.29 is 18.3 Å². The van der Waals surface area contributed by atoms with E-state index in [-0.39, 0.29) is 11.7 Å². The first-order valence-corrected chi connectivity index (χ1v) is 8.43. The van der Waals surface area contributed by atoms with Gasteiger partial charge in [-0.25, -0.2) is 0 Å². The number of aromatic nitrogens is 2. The van der Waals surface area contributed by atoms with E-state index in [2.05, 4.69) is 31.1 Å². The number of rotatable bonds is 8. The first-order valence-electron chi connectivity index (χ1n) is 7.64. The molecule has 0 aliphatic heterocycles. The topological polar surface area (TPSA) is 56.2 Å².